The fourth-order valence-electron chi connectivity index (χ4n) is 16.8. The second kappa shape index (κ2) is 38.1. The number of halogens is 5. The molecular formula is C76H125ClF4N12O12. The average Bonchev–Trinajstić information content (AvgIpc) is 1.75. The van der Waals surface area contributed by atoms with E-state index in [2.05, 4.69) is 22.9 Å². The number of hydrogen-bond donors (Lipinski definition) is 3. The highest BCUT2D eigenvalue weighted by molar-refractivity contribution is 6.21. The monoisotopic (exact) mass is 1510 g/mol. The van der Waals surface area contributed by atoms with Crippen LogP contribution in [-0.2, 0) is 57.5 Å². The van der Waals surface area contributed by atoms with Crippen LogP contribution >= 0.6 is 11.6 Å². The van der Waals surface area contributed by atoms with E-state index in [1.807, 2.05) is 27.7 Å². The number of rotatable bonds is 14. The number of nitrogens with one attached hydrogen (secondary N) is 3. The second-order valence-corrected chi connectivity index (χ2v) is 33.4. The number of alkyl halides is 5. The minimum atomic E-state index is -4.54. The summed E-state index contributed by atoms with van der Waals surface area (Å²) in [6.07, 6.45) is 0.276. The lowest BCUT2D eigenvalue weighted by atomic mass is 9.78. The lowest BCUT2D eigenvalue weighted by molar-refractivity contribution is -0.182. The van der Waals surface area contributed by atoms with Gasteiger partial charge in [-0.05, 0) is 132 Å². The summed E-state index contributed by atoms with van der Waals surface area (Å²) >= 11 is 6.45. The zero-order valence-electron chi connectivity index (χ0n) is 65.7. The van der Waals surface area contributed by atoms with E-state index < -0.39 is 191 Å². The maximum absolute atomic E-state index is 15.7. The van der Waals surface area contributed by atoms with E-state index >= 15 is 28.4 Å². The van der Waals surface area contributed by atoms with Crippen molar-refractivity contribution in [3.05, 3.63) is 0 Å². The zero-order chi connectivity index (χ0) is 78.6. The van der Waals surface area contributed by atoms with Gasteiger partial charge in [0.1, 0.15) is 66.1 Å². The highest BCUT2D eigenvalue weighted by Crippen LogP contribution is 2.44. The SMILES string of the molecule is CC[C@H](C)[C@@H]1NC(=O)[C@H](CC(C)C)N(C)C(=O)C[C@@H](C(=O)N(C)C)N(C)C(=O)[C@H]([C@@H](C)CC)N(C)C(=O)C2(CCCC2)NC(=O)[C@H](CC2CCCC(F)C2)N(C)C(=O)[C@H](CCC2CCC(C(F)(F)F)C(Cl)C2)NC(=O)CN(C)C(=O)[C@H](CC2CCC(C)CC2)N(C)C(=O)[C@@H]2CCN2C(=O)[C@H](C)N(C)C1=O. The normalized spacial score (nSPS) is 32.4. The van der Waals surface area contributed by atoms with Crippen molar-refractivity contribution in [2.75, 3.05) is 76.5 Å². The number of fused-ring (bicyclic) bond motifs is 1. The van der Waals surface area contributed by atoms with Crippen molar-refractivity contribution in [3.8, 4) is 0 Å². The third-order valence-corrected chi connectivity index (χ3v) is 25.0. The van der Waals surface area contributed by atoms with E-state index in [9.17, 15) is 46.7 Å². The van der Waals surface area contributed by atoms with Crippen LogP contribution in [-0.4, -0.2) is 269 Å². The predicted octanol–water partition coefficient (Wildman–Crippen LogP) is 7.56. The Morgan fingerprint density at radius 1 is 0.610 bits per heavy atom. The molecule has 0 bridgehead atoms. The van der Waals surface area contributed by atoms with E-state index in [0.29, 0.717) is 50.9 Å². The summed E-state index contributed by atoms with van der Waals surface area (Å²) in [5, 5.41) is 7.54. The van der Waals surface area contributed by atoms with Gasteiger partial charge in [0.05, 0.1) is 18.9 Å². The van der Waals surface area contributed by atoms with Crippen molar-refractivity contribution >= 4 is 82.5 Å². The lowest BCUT2D eigenvalue weighted by Gasteiger charge is -2.45. The fourth-order valence-corrected chi connectivity index (χ4v) is 17.3. The third-order valence-electron chi connectivity index (χ3n) is 24.6. The molecule has 24 nitrogen and oxygen atoms in total. The maximum Gasteiger partial charge on any atom is 0.393 e. The van der Waals surface area contributed by atoms with E-state index in [0.717, 1.165) is 35.5 Å². The Kier molecular flexibility index (Phi) is 31.8. The standard InChI is InChI=1S/C76H125ClF4N12O12/c1-18-46(6)63-72(103)87(12)48(8)67(98)93-36-33-56(93)71(102)90(15)59(40-50-27-25-45(5)26-28-50)70(101)86(11)43-61(94)82-55(32-30-49-29-31-53(54(77)39-49)76(79,80)81)68(99)89(14)58(41-51-23-22-24-52(78)38-51)66(97)84-75(34-20-21-35-75)74(105)92(17)64(47(7)19-2)73(104)91(16)60(69(100)85(9)10)42-62(95)88(13)57(37-44(3)4)65(96)83-63/h44-60,63-64H,18-43H2,1-17H3,(H,82,94)(H,83,96)(H,84,97)/t45?,46-,47-,48-,49?,50?,51?,52?,53?,54?,55-,56-,57-,58-,59-,60-,63-,64-/m0/s1. The Balaban J connectivity index is 1.48. The molecule has 2 aliphatic heterocycles. The topological polar surface area (TPSA) is 270 Å². The van der Waals surface area contributed by atoms with Crippen LogP contribution in [0.1, 0.15) is 209 Å². The molecule has 4 saturated carbocycles. The second-order valence-electron chi connectivity index (χ2n) is 32.8. The van der Waals surface area contributed by atoms with Crippen molar-refractivity contribution < 1.29 is 75.1 Å². The number of carbonyl (C=O) groups excluding carboxylic acids is 12. The fraction of sp³-hybridized carbons (Fsp3) is 0.842. The van der Waals surface area contributed by atoms with E-state index in [4.69, 9.17) is 11.6 Å². The first-order valence-electron chi connectivity index (χ1n) is 38.7. The van der Waals surface area contributed by atoms with Gasteiger partial charge in [0, 0.05) is 75.4 Å². The van der Waals surface area contributed by atoms with Gasteiger partial charge >= 0.3 is 6.18 Å². The predicted molar refractivity (Wildman–Crippen MR) is 391 cm³/mol. The van der Waals surface area contributed by atoms with Gasteiger partial charge in [0.15, 0.2) is 0 Å². The Bertz CT molecular complexity index is 3060. The van der Waals surface area contributed by atoms with Gasteiger partial charge in [-0.2, -0.15) is 13.2 Å². The molecule has 5 unspecified atom stereocenters. The molecule has 0 aromatic rings. The van der Waals surface area contributed by atoms with Crippen molar-refractivity contribution in [2.45, 2.75) is 287 Å². The largest absolute Gasteiger partial charge is 0.393 e. The number of hydrogen-bond acceptors (Lipinski definition) is 12. The average molecular weight is 1510 g/mol. The first-order valence-corrected chi connectivity index (χ1v) is 39.2. The first kappa shape index (κ1) is 87.6. The molecule has 0 aromatic heterocycles. The molecule has 0 aromatic carbocycles. The van der Waals surface area contributed by atoms with Gasteiger partial charge in [-0.25, -0.2) is 4.39 Å². The summed E-state index contributed by atoms with van der Waals surface area (Å²) in [4.78, 5) is 192. The molecule has 29 heteroatoms. The summed E-state index contributed by atoms with van der Waals surface area (Å²) in [6, 6.07) is -11.5. The van der Waals surface area contributed by atoms with Gasteiger partial charge in [0.25, 0.3) is 0 Å². The maximum atomic E-state index is 15.7. The number of likely N-dealkylation sites (N-methyl/N-ethyl adjacent to an activating group) is 8. The lowest BCUT2D eigenvalue weighted by Crippen LogP contribution is -2.65. The molecule has 4 aliphatic carbocycles. The van der Waals surface area contributed by atoms with Crippen LogP contribution in [0.2, 0.25) is 0 Å². The molecule has 1 spiro atoms. The summed E-state index contributed by atoms with van der Waals surface area (Å²) in [6.45, 7) is 14.0. The Morgan fingerprint density at radius 2 is 1.21 bits per heavy atom. The number of nitrogens with zero attached hydrogens (tertiary/aromatic N) is 9. The molecule has 0 radical (unpaired) electrons. The zero-order valence-corrected chi connectivity index (χ0v) is 66.4. The van der Waals surface area contributed by atoms with Crippen LogP contribution < -0.4 is 16.0 Å². The molecule has 12 amide bonds. The molecule has 2 heterocycles. The van der Waals surface area contributed by atoms with E-state index in [-0.39, 0.29) is 95.4 Å². The van der Waals surface area contributed by atoms with Gasteiger partial charge in [-0.3, -0.25) is 57.5 Å². The van der Waals surface area contributed by atoms with Crippen LogP contribution in [0.3, 0.4) is 0 Å². The minimum Gasteiger partial charge on any atom is -0.347 e. The summed E-state index contributed by atoms with van der Waals surface area (Å²) < 4.78 is 57.9. The van der Waals surface area contributed by atoms with E-state index in [1.54, 1.807) is 13.8 Å². The molecule has 596 valence electrons. The number of amides is 12. The van der Waals surface area contributed by atoms with Crippen LogP contribution in [0.25, 0.3) is 0 Å². The highest BCUT2D eigenvalue weighted by atomic mass is 35.5. The van der Waals surface area contributed by atoms with Crippen molar-refractivity contribution in [1.82, 2.24) is 60.0 Å². The molecule has 6 rings (SSSR count). The van der Waals surface area contributed by atoms with Crippen molar-refractivity contribution in [3.63, 3.8) is 0 Å². The molecule has 6 aliphatic rings. The Labute approximate surface area is 625 Å². The number of carbonyl (C=O) groups is 12. The smallest absolute Gasteiger partial charge is 0.347 e. The van der Waals surface area contributed by atoms with Crippen molar-refractivity contribution in [2.24, 2.45) is 47.3 Å². The highest BCUT2D eigenvalue weighted by Gasteiger charge is 2.52. The van der Waals surface area contributed by atoms with Gasteiger partial charge < -0.3 is 60.0 Å². The molecule has 3 N–H and O–H groups in total. The molecular weight excluding hydrogens is 1380 g/mol. The van der Waals surface area contributed by atoms with Gasteiger partial charge in [-0.1, -0.05) is 113 Å². The van der Waals surface area contributed by atoms with Crippen LogP contribution in [0.5, 0.6) is 0 Å². The molecule has 2 saturated heterocycles. The first-order chi connectivity index (χ1) is 49.1. The Hall–Kier alpha value is -6.35. The summed E-state index contributed by atoms with van der Waals surface area (Å²) in [5.41, 5.74) is -1.68. The molecule has 105 heavy (non-hydrogen) atoms. The van der Waals surface area contributed by atoms with E-state index in [1.165, 1.54) is 105 Å². The van der Waals surface area contributed by atoms with Crippen LogP contribution in [0.4, 0.5) is 17.6 Å². The molecule has 6 fully saturated rings. The van der Waals surface area contributed by atoms with Gasteiger partial charge in [0.2, 0.25) is 70.9 Å². The summed E-state index contributed by atoms with van der Waals surface area (Å²) in [7, 11) is 12.8. The van der Waals surface area contributed by atoms with Crippen molar-refractivity contribution in [1.29, 1.82) is 0 Å². The Morgan fingerprint density at radius 3 is 1.76 bits per heavy atom. The van der Waals surface area contributed by atoms with Gasteiger partial charge in [-0.15, -0.1) is 11.6 Å². The quantitative estimate of drug-likeness (QED) is 0.112. The molecule has 16 atom stereocenters. The third kappa shape index (κ3) is 21.8. The summed E-state index contributed by atoms with van der Waals surface area (Å²) in [5.74, 6) is -11.7. The van der Waals surface area contributed by atoms with Crippen LogP contribution in [0.15, 0.2) is 0 Å². The minimum absolute atomic E-state index is 0.00907. The van der Waals surface area contributed by atoms with Crippen LogP contribution in [0, 0.1) is 47.3 Å².